The van der Waals surface area contributed by atoms with Crippen molar-refractivity contribution in [3.8, 4) is 11.5 Å². The first-order chi connectivity index (χ1) is 13.0. The van der Waals surface area contributed by atoms with Gasteiger partial charge in [0.25, 0.3) is 5.91 Å². The van der Waals surface area contributed by atoms with Crippen LogP contribution in [-0.2, 0) is 4.79 Å². The smallest absolute Gasteiger partial charge is 0.251 e. The van der Waals surface area contributed by atoms with Crippen molar-refractivity contribution in [1.29, 1.82) is 0 Å². The molecule has 2 amide bonds. The van der Waals surface area contributed by atoms with Crippen molar-refractivity contribution >= 4 is 17.5 Å². The van der Waals surface area contributed by atoms with E-state index in [9.17, 15) is 9.59 Å². The normalized spacial score (nSPS) is 16.5. The average Bonchev–Trinajstić information content (AvgIpc) is 3.02. The minimum Gasteiger partial charge on any atom is -0.497 e. The Morgan fingerprint density at radius 2 is 1.89 bits per heavy atom. The summed E-state index contributed by atoms with van der Waals surface area (Å²) < 4.78 is 10.8. The Kier molecular flexibility index (Phi) is 5.64. The maximum absolute atomic E-state index is 12.5. The molecule has 0 spiro atoms. The second kappa shape index (κ2) is 8.12. The highest BCUT2D eigenvalue weighted by molar-refractivity contribution is 5.99. The second-order valence-corrected chi connectivity index (χ2v) is 6.77. The van der Waals surface area contributed by atoms with Gasteiger partial charge in [-0.3, -0.25) is 9.59 Å². The molecule has 1 saturated heterocycles. The fourth-order valence-electron chi connectivity index (χ4n) is 3.06. The third-order valence-corrected chi connectivity index (χ3v) is 4.31. The molecule has 2 aromatic carbocycles. The lowest BCUT2D eigenvalue weighted by Gasteiger charge is -2.18. The zero-order valence-electron chi connectivity index (χ0n) is 15.8. The maximum atomic E-state index is 12.5. The summed E-state index contributed by atoms with van der Waals surface area (Å²) in [5.74, 6) is 1.20. The lowest BCUT2D eigenvalue weighted by atomic mass is 10.1. The lowest BCUT2D eigenvalue weighted by Crippen LogP contribution is -2.37. The molecule has 27 heavy (non-hydrogen) atoms. The van der Waals surface area contributed by atoms with Crippen LogP contribution in [0, 0.1) is 0 Å². The largest absolute Gasteiger partial charge is 0.497 e. The molecule has 2 aromatic rings. The highest BCUT2D eigenvalue weighted by atomic mass is 16.5. The molecule has 1 aliphatic rings. The molecule has 1 fully saturated rings. The van der Waals surface area contributed by atoms with Gasteiger partial charge in [0.05, 0.1) is 19.3 Å². The van der Waals surface area contributed by atoms with E-state index in [0.717, 1.165) is 11.4 Å². The van der Waals surface area contributed by atoms with E-state index in [4.69, 9.17) is 9.47 Å². The summed E-state index contributed by atoms with van der Waals surface area (Å²) in [4.78, 5) is 26.5. The molecule has 1 aliphatic heterocycles. The van der Waals surface area contributed by atoms with Crippen LogP contribution in [0.25, 0.3) is 0 Å². The molecule has 0 bridgehead atoms. The third-order valence-electron chi connectivity index (χ3n) is 4.31. The average molecular weight is 368 g/mol. The first kappa shape index (κ1) is 18.8. The van der Waals surface area contributed by atoms with Crippen molar-refractivity contribution in [2.24, 2.45) is 0 Å². The summed E-state index contributed by atoms with van der Waals surface area (Å²) in [6.45, 7) is 4.34. The molecule has 3 rings (SSSR count). The number of nitrogens with one attached hydrogen (secondary N) is 1. The van der Waals surface area contributed by atoms with Crippen LogP contribution in [0.3, 0.4) is 0 Å². The zero-order valence-corrected chi connectivity index (χ0v) is 15.8. The van der Waals surface area contributed by atoms with Crippen molar-refractivity contribution < 1.29 is 19.1 Å². The van der Waals surface area contributed by atoms with Crippen LogP contribution in [0.2, 0.25) is 0 Å². The first-order valence-corrected chi connectivity index (χ1v) is 8.98. The van der Waals surface area contributed by atoms with Gasteiger partial charge in [-0.1, -0.05) is 6.07 Å². The molecular weight excluding hydrogens is 344 g/mol. The Morgan fingerprint density at radius 3 is 2.56 bits per heavy atom. The minimum atomic E-state index is -0.234. The van der Waals surface area contributed by atoms with Gasteiger partial charge in [0.2, 0.25) is 5.91 Å². The number of benzene rings is 2. The Balaban J connectivity index is 1.63. The Bertz CT molecular complexity index is 817. The number of hydrogen-bond acceptors (Lipinski definition) is 4. The topological polar surface area (TPSA) is 67.9 Å². The Morgan fingerprint density at radius 1 is 1.15 bits per heavy atom. The van der Waals surface area contributed by atoms with Crippen LogP contribution in [0.15, 0.2) is 48.5 Å². The molecule has 6 nitrogen and oxygen atoms in total. The second-order valence-electron chi connectivity index (χ2n) is 6.77. The van der Waals surface area contributed by atoms with Crippen LogP contribution in [-0.4, -0.2) is 37.6 Å². The van der Waals surface area contributed by atoms with Gasteiger partial charge in [0.15, 0.2) is 0 Å². The highest BCUT2D eigenvalue weighted by Crippen LogP contribution is 2.25. The van der Waals surface area contributed by atoms with Crippen LogP contribution in [0.4, 0.5) is 5.69 Å². The number of methoxy groups -OCH3 is 1. The van der Waals surface area contributed by atoms with Crippen molar-refractivity contribution in [3.63, 3.8) is 0 Å². The van der Waals surface area contributed by atoms with E-state index in [0.29, 0.717) is 17.9 Å². The fraction of sp³-hybridized carbons (Fsp3) is 0.333. The predicted molar refractivity (Wildman–Crippen MR) is 103 cm³/mol. The van der Waals surface area contributed by atoms with Gasteiger partial charge >= 0.3 is 0 Å². The summed E-state index contributed by atoms with van der Waals surface area (Å²) in [7, 11) is 1.59. The summed E-state index contributed by atoms with van der Waals surface area (Å²) in [6, 6.07) is 14.1. The van der Waals surface area contributed by atoms with Gasteiger partial charge in [0.1, 0.15) is 11.5 Å². The maximum Gasteiger partial charge on any atom is 0.251 e. The molecule has 0 radical (unpaired) electrons. The Labute approximate surface area is 159 Å². The number of amides is 2. The van der Waals surface area contributed by atoms with Gasteiger partial charge < -0.3 is 19.7 Å². The van der Waals surface area contributed by atoms with E-state index in [2.05, 4.69) is 5.32 Å². The highest BCUT2D eigenvalue weighted by Gasteiger charge is 2.31. The van der Waals surface area contributed by atoms with Crippen LogP contribution >= 0.6 is 0 Å². The van der Waals surface area contributed by atoms with E-state index in [1.165, 1.54) is 0 Å². The van der Waals surface area contributed by atoms with E-state index >= 15 is 0 Å². The van der Waals surface area contributed by atoms with Crippen molar-refractivity contribution in [3.05, 3.63) is 54.1 Å². The number of ether oxygens (including phenoxy) is 2. The van der Waals surface area contributed by atoms with E-state index in [-0.39, 0.29) is 30.4 Å². The van der Waals surface area contributed by atoms with E-state index < -0.39 is 0 Å². The van der Waals surface area contributed by atoms with Gasteiger partial charge in [-0.25, -0.2) is 0 Å². The SMILES string of the molecule is COc1cccc(N2C[C@@H](NC(=O)c3ccc(OC(C)C)cc3)CC2=O)c1. The monoisotopic (exact) mass is 368 g/mol. The molecule has 142 valence electrons. The summed E-state index contributed by atoms with van der Waals surface area (Å²) in [6.07, 6.45) is 0.356. The Hall–Kier alpha value is -3.02. The molecule has 0 aliphatic carbocycles. The molecule has 0 saturated carbocycles. The number of nitrogens with zero attached hydrogens (tertiary/aromatic N) is 1. The molecular formula is C21H24N2O4. The molecule has 1 N–H and O–H groups in total. The van der Waals surface area contributed by atoms with Crippen molar-refractivity contribution in [2.45, 2.75) is 32.4 Å². The van der Waals surface area contributed by atoms with Crippen molar-refractivity contribution in [2.75, 3.05) is 18.6 Å². The third kappa shape index (κ3) is 4.58. The number of rotatable bonds is 6. The summed E-state index contributed by atoms with van der Waals surface area (Å²) >= 11 is 0. The van der Waals surface area contributed by atoms with Gasteiger partial charge in [-0.05, 0) is 50.2 Å². The molecule has 6 heteroatoms. The van der Waals surface area contributed by atoms with Crippen LogP contribution < -0.4 is 19.7 Å². The zero-order chi connectivity index (χ0) is 19.4. The standard InChI is InChI=1S/C21H24N2O4/c1-14(2)27-18-9-7-15(8-10-18)21(25)22-16-11-20(24)23(13-16)17-5-4-6-19(12-17)26-3/h4-10,12,14,16H,11,13H2,1-3H3,(H,22,25)/t16-/m0/s1. The van der Waals surface area contributed by atoms with Gasteiger partial charge in [0, 0.05) is 30.3 Å². The molecule has 0 aromatic heterocycles. The number of carbonyl (C=O) groups is 2. The number of hydrogen-bond donors (Lipinski definition) is 1. The van der Waals surface area contributed by atoms with Crippen molar-refractivity contribution in [1.82, 2.24) is 5.32 Å². The first-order valence-electron chi connectivity index (χ1n) is 8.98. The minimum absolute atomic E-state index is 0.0192. The number of anilines is 1. The van der Waals surface area contributed by atoms with E-state index in [1.54, 1.807) is 36.3 Å². The van der Waals surface area contributed by atoms with Crippen LogP contribution in [0.5, 0.6) is 11.5 Å². The fourth-order valence-corrected chi connectivity index (χ4v) is 3.06. The molecule has 1 atom stereocenters. The predicted octanol–water partition coefficient (Wildman–Crippen LogP) is 3.02. The quantitative estimate of drug-likeness (QED) is 0.851. The van der Waals surface area contributed by atoms with E-state index in [1.807, 2.05) is 38.1 Å². The molecule has 1 heterocycles. The summed E-state index contributed by atoms with van der Waals surface area (Å²) in [5.41, 5.74) is 1.31. The van der Waals surface area contributed by atoms with Crippen LogP contribution in [0.1, 0.15) is 30.6 Å². The molecule has 0 unspecified atom stereocenters. The number of carbonyl (C=O) groups excluding carboxylic acids is 2. The van der Waals surface area contributed by atoms with Gasteiger partial charge in [-0.2, -0.15) is 0 Å². The summed E-state index contributed by atoms with van der Waals surface area (Å²) in [5, 5.41) is 2.94. The van der Waals surface area contributed by atoms with Gasteiger partial charge in [-0.15, -0.1) is 0 Å². The lowest BCUT2D eigenvalue weighted by molar-refractivity contribution is -0.117.